The number of aryl methyl sites for hydroxylation is 1. The molecular weight excluding hydrogens is 612 g/mol. The van der Waals surface area contributed by atoms with Crippen molar-refractivity contribution < 1.29 is 14.0 Å². The van der Waals surface area contributed by atoms with Crippen LogP contribution in [0.25, 0.3) is 5.52 Å². The molecule has 3 aromatic rings. The van der Waals surface area contributed by atoms with Crippen molar-refractivity contribution in [3.05, 3.63) is 52.3 Å². The van der Waals surface area contributed by atoms with E-state index < -0.39 is 20.0 Å². The van der Waals surface area contributed by atoms with Crippen LogP contribution in [0, 0.1) is 0 Å². The average molecular weight is 658 g/mol. The smallest absolute Gasteiger partial charge is 0.407 e. The van der Waals surface area contributed by atoms with E-state index >= 15 is 0 Å². The molecule has 4 rings (SSSR count). The van der Waals surface area contributed by atoms with E-state index in [1.165, 1.54) is 0 Å². The third kappa shape index (κ3) is 7.47. The molecule has 228 valence electrons. The standard InChI is InChI=1S/C31H45BrN6O3Si/c1-10-19-13-23(41-42(8,9)31(5,6)7)11-12-25(19)37-28(33)24-17-34-38-18-20(32)14-26(38)27(24)35-21-15-22(16-21)36-29(39)40-30(2,3)4/h11-14,17-18,21-22,35H,10,15-16H2,1-9H3,(H2,33,37)(H,36,39). The summed E-state index contributed by atoms with van der Waals surface area (Å²) in [6, 6.07) is 8.26. The molecule has 1 aliphatic rings. The zero-order chi connectivity index (χ0) is 31.0. The second-order valence-electron chi connectivity index (χ2n) is 13.6. The summed E-state index contributed by atoms with van der Waals surface area (Å²) in [4.78, 5) is 17.1. The van der Waals surface area contributed by atoms with E-state index in [0.717, 1.165) is 57.5 Å². The summed E-state index contributed by atoms with van der Waals surface area (Å²) in [7, 11) is -1.97. The van der Waals surface area contributed by atoms with Gasteiger partial charge in [-0.25, -0.2) is 14.3 Å². The van der Waals surface area contributed by atoms with E-state index in [0.29, 0.717) is 5.84 Å². The van der Waals surface area contributed by atoms with E-state index in [1.807, 2.05) is 49.7 Å². The first-order valence-corrected chi connectivity index (χ1v) is 18.3. The number of amidine groups is 1. The first-order chi connectivity index (χ1) is 19.5. The molecule has 1 amide bonds. The van der Waals surface area contributed by atoms with Gasteiger partial charge in [-0.2, -0.15) is 5.10 Å². The number of aliphatic imine (C=N–C) groups is 1. The zero-order valence-corrected chi connectivity index (χ0v) is 28.8. The van der Waals surface area contributed by atoms with Crippen LogP contribution in [0.3, 0.4) is 0 Å². The summed E-state index contributed by atoms with van der Waals surface area (Å²) in [6.07, 6.45) is 5.59. The van der Waals surface area contributed by atoms with Gasteiger partial charge >= 0.3 is 6.09 Å². The van der Waals surface area contributed by atoms with Crippen molar-refractivity contribution >= 4 is 53.1 Å². The molecule has 1 aromatic carbocycles. The largest absolute Gasteiger partial charge is 0.543 e. The summed E-state index contributed by atoms with van der Waals surface area (Å²) < 4.78 is 14.7. The first-order valence-electron chi connectivity index (χ1n) is 14.5. The van der Waals surface area contributed by atoms with Crippen molar-refractivity contribution in [1.82, 2.24) is 14.9 Å². The normalized spacial score (nSPS) is 18.0. The van der Waals surface area contributed by atoms with Gasteiger partial charge in [0.25, 0.3) is 0 Å². The molecule has 11 heteroatoms. The summed E-state index contributed by atoms with van der Waals surface area (Å²) in [5.74, 6) is 1.25. The van der Waals surface area contributed by atoms with Crippen LogP contribution in [-0.2, 0) is 11.2 Å². The highest BCUT2D eigenvalue weighted by Crippen LogP contribution is 2.38. The Hall–Kier alpha value is -3.05. The number of alkyl carbamates (subject to hydrolysis) is 1. The average Bonchev–Trinajstić information content (AvgIpc) is 3.22. The van der Waals surface area contributed by atoms with Crippen molar-refractivity contribution in [3.8, 4) is 5.75 Å². The molecule has 1 fully saturated rings. The topological polar surface area (TPSA) is 115 Å². The SMILES string of the molecule is CCc1cc(O[Si](C)(C)C(C)(C)C)ccc1N=C(N)c1cnn2cc(Br)cc2c1NC1CC(NC(=O)OC(C)(C)C)C1. The lowest BCUT2D eigenvalue weighted by Crippen LogP contribution is -2.51. The van der Waals surface area contributed by atoms with E-state index in [9.17, 15) is 4.79 Å². The molecule has 0 bridgehead atoms. The predicted molar refractivity (Wildman–Crippen MR) is 177 cm³/mol. The lowest BCUT2D eigenvalue weighted by molar-refractivity contribution is 0.0475. The third-order valence-corrected chi connectivity index (χ3v) is 12.7. The van der Waals surface area contributed by atoms with Gasteiger partial charge in [0.15, 0.2) is 0 Å². The van der Waals surface area contributed by atoms with Crippen LogP contribution in [0.1, 0.15) is 72.4 Å². The van der Waals surface area contributed by atoms with Gasteiger partial charge in [0.2, 0.25) is 8.32 Å². The molecule has 1 saturated carbocycles. The van der Waals surface area contributed by atoms with Crippen LogP contribution in [0.5, 0.6) is 5.75 Å². The van der Waals surface area contributed by atoms with Gasteiger partial charge < -0.3 is 25.5 Å². The Kier molecular flexibility index (Phi) is 9.04. The number of nitrogens with two attached hydrogens (primary N) is 1. The van der Waals surface area contributed by atoms with Gasteiger partial charge in [0.1, 0.15) is 17.2 Å². The fraction of sp³-hybridized carbons (Fsp3) is 0.516. The molecule has 0 radical (unpaired) electrons. The van der Waals surface area contributed by atoms with Crippen LogP contribution >= 0.6 is 15.9 Å². The number of benzene rings is 1. The minimum Gasteiger partial charge on any atom is -0.543 e. The number of aromatic nitrogens is 2. The number of carbonyl (C=O) groups is 1. The molecule has 9 nitrogen and oxygen atoms in total. The van der Waals surface area contributed by atoms with E-state index in [2.05, 4.69) is 78.5 Å². The summed E-state index contributed by atoms with van der Waals surface area (Å²) in [6.45, 7) is 18.9. The number of nitrogens with one attached hydrogen (secondary N) is 2. The Morgan fingerprint density at radius 3 is 2.48 bits per heavy atom. The number of hydrogen-bond donors (Lipinski definition) is 3. The Morgan fingerprint density at radius 1 is 1.17 bits per heavy atom. The first kappa shape index (κ1) is 31.9. The fourth-order valence-electron chi connectivity index (χ4n) is 4.56. The summed E-state index contributed by atoms with van der Waals surface area (Å²) in [5.41, 5.74) is 10.5. The maximum Gasteiger partial charge on any atom is 0.407 e. The molecule has 0 spiro atoms. The molecule has 2 aromatic heterocycles. The Labute approximate surface area is 258 Å². The van der Waals surface area contributed by atoms with Gasteiger partial charge in [0.05, 0.1) is 28.7 Å². The molecule has 0 saturated heterocycles. The highest BCUT2D eigenvalue weighted by molar-refractivity contribution is 9.10. The number of anilines is 1. The van der Waals surface area contributed by atoms with Crippen LogP contribution in [0.2, 0.25) is 18.1 Å². The van der Waals surface area contributed by atoms with Crippen molar-refractivity contribution in [1.29, 1.82) is 0 Å². The van der Waals surface area contributed by atoms with Gasteiger partial charge in [0, 0.05) is 22.8 Å². The van der Waals surface area contributed by atoms with Gasteiger partial charge in [-0.1, -0.05) is 27.7 Å². The Bertz CT molecular complexity index is 1480. The van der Waals surface area contributed by atoms with Gasteiger partial charge in [-0.15, -0.1) is 0 Å². The monoisotopic (exact) mass is 656 g/mol. The Morgan fingerprint density at radius 2 is 1.86 bits per heavy atom. The number of rotatable bonds is 8. The van der Waals surface area contributed by atoms with E-state index in [1.54, 1.807) is 6.20 Å². The number of fused-ring (bicyclic) bond motifs is 1. The molecular formula is C31H45BrN6O3Si. The van der Waals surface area contributed by atoms with Crippen molar-refractivity contribution in [3.63, 3.8) is 0 Å². The van der Waals surface area contributed by atoms with E-state index in [4.69, 9.17) is 19.9 Å². The quantitative estimate of drug-likeness (QED) is 0.131. The minimum absolute atomic E-state index is 0.0439. The lowest BCUT2D eigenvalue weighted by atomic mass is 9.86. The van der Waals surface area contributed by atoms with Crippen LogP contribution in [-0.4, -0.2) is 47.5 Å². The highest BCUT2D eigenvalue weighted by atomic mass is 79.9. The molecule has 0 atom stereocenters. The lowest BCUT2D eigenvalue weighted by Gasteiger charge is -2.37. The van der Waals surface area contributed by atoms with Crippen molar-refractivity contribution in [2.24, 2.45) is 10.7 Å². The maximum atomic E-state index is 12.2. The van der Waals surface area contributed by atoms with Crippen LogP contribution < -0.4 is 20.8 Å². The Balaban J connectivity index is 1.58. The second-order valence-corrected chi connectivity index (χ2v) is 19.2. The zero-order valence-electron chi connectivity index (χ0n) is 26.3. The molecule has 0 unspecified atom stereocenters. The molecule has 4 N–H and O–H groups in total. The predicted octanol–water partition coefficient (Wildman–Crippen LogP) is 7.55. The number of carbonyl (C=O) groups excluding carboxylic acids is 1. The minimum atomic E-state index is -1.97. The second kappa shape index (κ2) is 11.9. The van der Waals surface area contributed by atoms with Crippen molar-refractivity contribution in [2.45, 2.75) is 104 Å². The maximum absolute atomic E-state index is 12.2. The summed E-state index contributed by atoms with van der Waals surface area (Å²) >= 11 is 3.57. The molecule has 1 aliphatic carbocycles. The number of amides is 1. The van der Waals surface area contributed by atoms with Crippen LogP contribution in [0.4, 0.5) is 16.2 Å². The number of hydrogen-bond acceptors (Lipinski definition) is 6. The van der Waals surface area contributed by atoms with Gasteiger partial charge in [-0.05, 0) is 104 Å². The van der Waals surface area contributed by atoms with Crippen LogP contribution in [0.15, 0.2) is 46.1 Å². The summed E-state index contributed by atoms with van der Waals surface area (Å²) in [5, 5.41) is 11.3. The highest BCUT2D eigenvalue weighted by Gasteiger charge is 2.39. The van der Waals surface area contributed by atoms with E-state index in [-0.39, 0.29) is 17.1 Å². The molecule has 0 aliphatic heterocycles. The molecule has 2 heterocycles. The molecule has 42 heavy (non-hydrogen) atoms. The van der Waals surface area contributed by atoms with Gasteiger partial charge in [-0.3, -0.25) is 0 Å². The third-order valence-electron chi connectivity index (χ3n) is 7.94. The number of ether oxygens (including phenoxy) is 1. The van der Waals surface area contributed by atoms with Crippen molar-refractivity contribution in [2.75, 3.05) is 5.32 Å². The fourth-order valence-corrected chi connectivity index (χ4v) is 5.99. The number of nitrogens with zero attached hydrogens (tertiary/aromatic N) is 3. The number of halogens is 1.